The number of aromatic nitrogens is 2. The smallest absolute Gasteiger partial charge is 0.203 e. The standard InChI is InChI=1S/C58H38N4O2/c1-60-58-56(57(59)35-13-3-2-4-14-35)48-33-38(25-28-55(48)64-58)39-29-40(61-49-19-9-5-15-42(49)43-16-6-10-20-50(43)61)34-41(30-39)62-51-21-11-7-17-44(51)46-31-36(23-26-52(46)62)37-24-27-54-47(32-37)45-18-8-12-22-53(45)63-54/h2-34,59-60H,1H3. The van der Waals surface area contributed by atoms with E-state index in [1.165, 1.54) is 21.5 Å². The van der Waals surface area contributed by atoms with Crippen LogP contribution in [0.3, 0.4) is 0 Å². The molecule has 9 aromatic carbocycles. The number of nitrogens with zero attached hydrogens (tertiary/aromatic N) is 2. The summed E-state index contributed by atoms with van der Waals surface area (Å²) >= 11 is 0. The Morgan fingerprint density at radius 1 is 0.391 bits per heavy atom. The number of anilines is 1. The second-order valence-electron chi connectivity index (χ2n) is 16.5. The van der Waals surface area contributed by atoms with Crippen molar-refractivity contribution in [1.82, 2.24) is 9.13 Å². The van der Waals surface area contributed by atoms with Gasteiger partial charge in [-0.1, -0.05) is 121 Å². The fraction of sp³-hybridized carbons (Fsp3) is 0.0172. The Balaban J connectivity index is 1.05. The summed E-state index contributed by atoms with van der Waals surface area (Å²) in [7, 11) is 1.84. The Labute approximate surface area is 367 Å². The van der Waals surface area contributed by atoms with Crippen molar-refractivity contribution < 1.29 is 8.83 Å². The van der Waals surface area contributed by atoms with Gasteiger partial charge in [0.2, 0.25) is 5.88 Å². The van der Waals surface area contributed by atoms with E-state index in [0.29, 0.717) is 11.6 Å². The van der Waals surface area contributed by atoms with E-state index in [4.69, 9.17) is 8.83 Å². The van der Waals surface area contributed by atoms with Gasteiger partial charge in [-0.15, -0.1) is 0 Å². The van der Waals surface area contributed by atoms with Crippen LogP contribution in [0.4, 0.5) is 5.88 Å². The summed E-state index contributed by atoms with van der Waals surface area (Å²) in [6.45, 7) is 0. The van der Waals surface area contributed by atoms with Crippen molar-refractivity contribution in [3.05, 3.63) is 211 Å². The molecule has 13 aromatic rings. The van der Waals surface area contributed by atoms with Crippen LogP contribution < -0.4 is 5.32 Å². The molecule has 0 saturated carbocycles. The van der Waals surface area contributed by atoms with E-state index in [9.17, 15) is 5.41 Å². The molecular weight excluding hydrogens is 785 g/mol. The van der Waals surface area contributed by atoms with Gasteiger partial charge in [-0.3, -0.25) is 5.41 Å². The topological polar surface area (TPSA) is 72.0 Å². The van der Waals surface area contributed by atoms with Gasteiger partial charge in [0.15, 0.2) is 0 Å². The van der Waals surface area contributed by atoms with Crippen LogP contribution in [0.2, 0.25) is 0 Å². The highest BCUT2D eigenvalue weighted by molar-refractivity contribution is 6.21. The molecular formula is C58H38N4O2. The number of rotatable bonds is 7. The Morgan fingerprint density at radius 3 is 1.50 bits per heavy atom. The molecule has 302 valence electrons. The molecule has 0 atom stereocenters. The largest absolute Gasteiger partial charge is 0.456 e. The van der Waals surface area contributed by atoms with Gasteiger partial charge in [0.05, 0.1) is 33.3 Å². The molecule has 6 heteroatoms. The average molecular weight is 823 g/mol. The Kier molecular flexibility index (Phi) is 7.87. The fourth-order valence-electron chi connectivity index (χ4n) is 10.0. The lowest BCUT2D eigenvalue weighted by molar-refractivity contribution is 0.631. The fourth-order valence-corrected chi connectivity index (χ4v) is 10.0. The molecule has 0 amide bonds. The van der Waals surface area contributed by atoms with E-state index in [1.807, 2.05) is 55.6 Å². The highest BCUT2D eigenvalue weighted by Crippen LogP contribution is 2.41. The summed E-state index contributed by atoms with van der Waals surface area (Å²) in [5, 5.41) is 20.5. The first kappa shape index (κ1) is 36.1. The first-order chi connectivity index (χ1) is 31.6. The van der Waals surface area contributed by atoms with Gasteiger partial charge >= 0.3 is 0 Å². The quantitative estimate of drug-likeness (QED) is 0.157. The van der Waals surface area contributed by atoms with Crippen LogP contribution in [0.5, 0.6) is 0 Å². The van der Waals surface area contributed by atoms with Crippen LogP contribution in [0.1, 0.15) is 11.1 Å². The molecule has 4 aromatic heterocycles. The molecule has 13 rings (SSSR count). The van der Waals surface area contributed by atoms with Crippen LogP contribution in [-0.4, -0.2) is 21.9 Å². The van der Waals surface area contributed by atoms with Gasteiger partial charge < -0.3 is 23.3 Å². The molecule has 0 aliphatic heterocycles. The summed E-state index contributed by atoms with van der Waals surface area (Å²) in [6, 6.07) is 70.8. The number of hydrogen-bond acceptors (Lipinski definition) is 4. The minimum Gasteiger partial charge on any atom is -0.456 e. The normalized spacial score (nSPS) is 11.9. The molecule has 0 saturated heterocycles. The van der Waals surface area contributed by atoms with Gasteiger partial charge in [0.25, 0.3) is 0 Å². The molecule has 0 aliphatic rings. The van der Waals surface area contributed by atoms with Gasteiger partial charge in [-0.25, -0.2) is 0 Å². The zero-order chi connectivity index (χ0) is 42.5. The van der Waals surface area contributed by atoms with Crippen LogP contribution in [0.15, 0.2) is 209 Å². The lowest BCUT2D eigenvalue weighted by atomic mass is 9.97. The van der Waals surface area contributed by atoms with Crippen LogP contribution in [-0.2, 0) is 0 Å². The van der Waals surface area contributed by atoms with Crippen LogP contribution in [0.25, 0.3) is 110 Å². The monoisotopic (exact) mass is 822 g/mol. The zero-order valence-corrected chi connectivity index (χ0v) is 34.8. The number of furan rings is 2. The molecule has 0 unspecified atom stereocenters. The van der Waals surface area contributed by atoms with Gasteiger partial charge in [0.1, 0.15) is 16.7 Å². The molecule has 4 heterocycles. The number of hydrogen-bond donors (Lipinski definition) is 2. The van der Waals surface area contributed by atoms with E-state index in [-0.39, 0.29) is 0 Å². The molecule has 0 aliphatic carbocycles. The Morgan fingerprint density at radius 2 is 0.859 bits per heavy atom. The zero-order valence-electron chi connectivity index (χ0n) is 34.8. The predicted octanol–water partition coefficient (Wildman–Crippen LogP) is 15.3. The maximum atomic E-state index is 9.37. The summed E-state index contributed by atoms with van der Waals surface area (Å²) in [5.41, 5.74) is 15.5. The van der Waals surface area contributed by atoms with Crippen molar-refractivity contribution >= 4 is 88.1 Å². The van der Waals surface area contributed by atoms with Crippen LogP contribution in [0, 0.1) is 5.41 Å². The first-order valence-corrected chi connectivity index (χ1v) is 21.6. The summed E-state index contributed by atoms with van der Waals surface area (Å²) in [6.07, 6.45) is 0. The predicted molar refractivity (Wildman–Crippen MR) is 265 cm³/mol. The average Bonchev–Trinajstić information content (AvgIpc) is 4.11. The lowest BCUT2D eigenvalue weighted by Gasteiger charge is -2.16. The summed E-state index contributed by atoms with van der Waals surface area (Å²) < 4.78 is 17.3. The third-order valence-electron chi connectivity index (χ3n) is 12.9. The van der Waals surface area contributed by atoms with Gasteiger partial charge in [-0.2, -0.15) is 0 Å². The molecule has 0 spiro atoms. The minimum absolute atomic E-state index is 0.406. The SMILES string of the molecule is CNc1oc2ccc(-c3cc(-n4c5ccccc5c5ccccc54)cc(-n4c5ccccc5c5cc(-c6ccc7oc8ccccc8c7c6)ccc54)c3)cc2c1C(=N)c1ccccc1. The van der Waals surface area contributed by atoms with Crippen molar-refractivity contribution in [2.24, 2.45) is 0 Å². The van der Waals surface area contributed by atoms with E-state index >= 15 is 0 Å². The number of para-hydroxylation sites is 4. The number of benzene rings is 9. The molecule has 6 nitrogen and oxygen atoms in total. The molecule has 64 heavy (non-hydrogen) atoms. The van der Waals surface area contributed by atoms with E-state index in [0.717, 1.165) is 99.7 Å². The van der Waals surface area contributed by atoms with Gasteiger partial charge in [-0.05, 0) is 101 Å². The maximum absolute atomic E-state index is 9.37. The second-order valence-corrected chi connectivity index (χ2v) is 16.5. The highest BCUT2D eigenvalue weighted by atomic mass is 16.4. The Hall–Kier alpha value is -8.61. The van der Waals surface area contributed by atoms with Crippen LogP contribution >= 0.6 is 0 Å². The maximum Gasteiger partial charge on any atom is 0.203 e. The Bertz CT molecular complexity index is 3980. The number of fused-ring (bicyclic) bond motifs is 10. The van der Waals surface area contributed by atoms with Gasteiger partial charge in [0, 0.05) is 61.7 Å². The molecule has 2 N–H and O–H groups in total. The van der Waals surface area contributed by atoms with E-state index < -0.39 is 0 Å². The van der Waals surface area contributed by atoms with Crippen molar-refractivity contribution in [2.45, 2.75) is 0 Å². The van der Waals surface area contributed by atoms with E-state index in [2.05, 4.69) is 166 Å². The third-order valence-corrected chi connectivity index (χ3v) is 12.9. The third kappa shape index (κ3) is 5.42. The summed E-state index contributed by atoms with van der Waals surface area (Å²) in [4.78, 5) is 0. The van der Waals surface area contributed by atoms with Crippen molar-refractivity contribution in [3.63, 3.8) is 0 Å². The minimum atomic E-state index is 0.406. The summed E-state index contributed by atoms with van der Waals surface area (Å²) in [5.74, 6) is 0.573. The van der Waals surface area contributed by atoms with Crippen molar-refractivity contribution in [2.75, 3.05) is 12.4 Å². The second kappa shape index (κ2) is 14.0. The molecule has 0 radical (unpaired) electrons. The highest BCUT2D eigenvalue weighted by Gasteiger charge is 2.22. The molecule has 0 bridgehead atoms. The molecule has 0 fully saturated rings. The van der Waals surface area contributed by atoms with Crippen molar-refractivity contribution in [3.8, 4) is 33.6 Å². The first-order valence-electron chi connectivity index (χ1n) is 21.6. The van der Waals surface area contributed by atoms with E-state index in [1.54, 1.807) is 0 Å². The number of nitrogens with one attached hydrogen (secondary N) is 2. The van der Waals surface area contributed by atoms with Crippen molar-refractivity contribution in [1.29, 1.82) is 5.41 Å². The lowest BCUT2D eigenvalue weighted by Crippen LogP contribution is -2.03.